The van der Waals surface area contributed by atoms with Gasteiger partial charge in [0.05, 0.1) is 22.5 Å². The van der Waals surface area contributed by atoms with Gasteiger partial charge in [-0.25, -0.2) is 19.4 Å². The average molecular weight is 683 g/mol. The molecule has 4 bridgehead atoms. The highest BCUT2D eigenvalue weighted by atomic mass is 16.2. The molecule has 0 atom stereocenters. The van der Waals surface area contributed by atoms with Crippen LogP contribution in [0.1, 0.15) is 69.8 Å². The summed E-state index contributed by atoms with van der Waals surface area (Å²) in [5.74, 6) is -2.56. The quantitative estimate of drug-likeness (QED) is 0.380. The summed E-state index contributed by atoms with van der Waals surface area (Å²) in [6.07, 6.45) is 13.4. The summed E-state index contributed by atoms with van der Waals surface area (Å²) in [5, 5.41) is 0. The van der Waals surface area contributed by atoms with Crippen molar-refractivity contribution in [2.75, 3.05) is 9.80 Å². The van der Waals surface area contributed by atoms with Crippen molar-refractivity contribution in [2.45, 2.75) is 90.4 Å². The second kappa shape index (κ2) is 14.8. The Morgan fingerprint density at radius 2 is 1.06 bits per heavy atom. The predicted molar refractivity (Wildman–Crippen MR) is 185 cm³/mol. The predicted octanol–water partition coefficient (Wildman–Crippen LogP) is 2.33. The third kappa shape index (κ3) is 6.91. The van der Waals surface area contributed by atoms with Gasteiger partial charge in [0.1, 0.15) is 0 Å². The number of hydrogen-bond acceptors (Lipinski definition) is 8. The van der Waals surface area contributed by atoms with E-state index in [1.165, 1.54) is 45.7 Å². The number of benzene rings is 1. The molecular weight excluding hydrogens is 644 g/mol. The number of anilines is 2. The second-order valence-corrected chi connectivity index (χ2v) is 12.7. The fraction of sp³-hybridized carbons (Fsp3) is 0.389. The van der Waals surface area contributed by atoms with Crippen molar-refractivity contribution in [3.05, 3.63) is 108 Å². The monoisotopic (exact) mass is 682 g/mol. The first kappa shape index (κ1) is 34.2. The topological polar surface area (TPSA) is 163 Å². The van der Waals surface area contributed by atoms with Crippen molar-refractivity contribution < 1.29 is 19.2 Å². The molecule has 0 saturated heterocycles. The van der Waals surface area contributed by atoms with Crippen LogP contribution in [0, 0.1) is 0 Å². The summed E-state index contributed by atoms with van der Waals surface area (Å²) in [6.45, 7) is 1.23. The van der Waals surface area contributed by atoms with E-state index in [1.807, 2.05) is 0 Å². The van der Waals surface area contributed by atoms with Crippen LogP contribution < -0.4 is 32.3 Å². The maximum atomic E-state index is 13.8. The van der Waals surface area contributed by atoms with Gasteiger partial charge in [0.25, 0.3) is 34.7 Å². The van der Waals surface area contributed by atoms with Crippen molar-refractivity contribution in [1.29, 1.82) is 0 Å². The Bertz CT molecular complexity index is 2150. The minimum Gasteiger partial charge on any atom is -0.300 e. The Kier molecular flexibility index (Phi) is 10.2. The van der Waals surface area contributed by atoms with Gasteiger partial charge in [-0.1, -0.05) is 44.6 Å². The highest BCUT2D eigenvalue weighted by molar-refractivity contribution is 6.43. The lowest BCUT2D eigenvalue weighted by atomic mass is 10.1. The zero-order chi connectivity index (χ0) is 35.4. The van der Waals surface area contributed by atoms with E-state index >= 15 is 0 Å². The molecule has 0 radical (unpaired) electrons. The fourth-order valence-electron chi connectivity index (χ4n) is 6.63. The lowest BCUT2D eigenvalue weighted by molar-refractivity contribution is -0.121. The van der Waals surface area contributed by atoms with Crippen molar-refractivity contribution in [3.8, 4) is 0 Å². The van der Waals surface area contributed by atoms with E-state index in [0.29, 0.717) is 38.8 Å². The van der Waals surface area contributed by atoms with Crippen molar-refractivity contribution in [2.24, 2.45) is 0 Å². The maximum Gasteiger partial charge on any atom is 0.330 e. The number of nitrogens with zero attached hydrogens (tertiary/aromatic N) is 6. The Hall–Kier alpha value is -5.66. The van der Waals surface area contributed by atoms with Gasteiger partial charge in [-0.05, 0) is 43.9 Å². The molecule has 0 N–H and O–H groups in total. The number of aryl methyl sites for hydroxylation is 2. The van der Waals surface area contributed by atoms with Crippen molar-refractivity contribution in [1.82, 2.24) is 18.3 Å². The number of rotatable bonds is 3. The van der Waals surface area contributed by atoms with Gasteiger partial charge < -0.3 is 4.57 Å². The first-order chi connectivity index (χ1) is 24.2. The summed E-state index contributed by atoms with van der Waals surface area (Å²) < 4.78 is 5.41. The molecule has 5 heterocycles. The van der Waals surface area contributed by atoms with Gasteiger partial charge in [-0.3, -0.25) is 42.5 Å². The smallest absolute Gasteiger partial charge is 0.300 e. The molecule has 1 aromatic carbocycles. The van der Waals surface area contributed by atoms with Crippen LogP contribution in [0.25, 0.3) is 5.57 Å². The van der Waals surface area contributed by atoms with Crippen LogP contribution in [-0.4, -0.2) is 41.9 Å². The van der Waals surface area contributed by atoms with E-state index in [2.05, 4.69) is 0 Å². The number of hydrogen-bond donors (Lipinski definition) is 0. The molecule has 0 unspecified atom stereocenters. The number of amides is 4. The summed E-state index contributed by atoms with van der Waals surface area (Å²) >= 11 is 0. The van der Waals surface area contributed by atoms with Gasteiger partial charge in [0.2, 0.25) is 0 Å². The molecule has 14 heteroatoms. The lowest BCUT2D eigenvalue weighted by Crippen LogP contribution is -2.42. The molecule has 14 nitrogen and oxygen atoms in total. The van der Waals surface area contributed by atoms with Crippen LogP contribution in [-0.2, 0) is 45.4 Å². The van der Waals surface area contributed by atoms with Crippen molar-refractivity contribution in [3.63, 3.8) is 0 Å². The molecule has 4 amide bonds. The van der Waals surface area contributed by atoms with Crippen LogP contribution in [0.3, 0.4) is 0 Å². The van der Waals surface area contributed by atoms with Crippen molar-refractivity contribution >= 4 is 40.6 Å². The molecule has 6 rings (SSSR count). The van der Waals surface area contributed by atoms with Crippen LogP contribution in [0.4, 0.5) is 11.4 Å². The fourth-order valence-corrected chi connectivity index (χ4v) is 6.63. The Labute approximate surface area is 286 Å². The minimum absolute atomic E-state index is 0.0603. The number of aromatic nitrogens is 4. The first-order valence-corrected chi connectivity index (χ1v) is 17.1. The summed E-state index contributed by atoms with van der Waals surface area (Å²) in [7, 11) is 0. The molecule has 50 heavy (non-hydrogen) atoms. The van der Waals surface area contributed by atoms with Gasteiger partial charge in [0, 0.05) is 62.9 Å². The third-order valence-corrected chi connectivity index (χ3v) is 9.31. The Balaban J connectivity index is 1.23. The standard InChI is InChI=1S/C36H38N6O8/c43-29-16-21-37-17-7-3-1-6-10-20-40-33(47)28(24-38(36(40)50)18-8-4-2-5-9-19-39(29)35(37)49)27-23-32(46)42(34(27)48)26-13-11-12-25(22-26)41-30(44)14-15-31(41)45/h11-16,21-24H,1-10,17-20H2. The van der Waals surface area contributed by atoms with E-state index in [1.54, 1.807) is 10.8 Å². The summed E-state index contributed by atoms with van der Waals surface area (Å²) in [4.78, 5) is 106. The van der Waals surface area contributed by atoms with Gasteiger partial charge in [0.15, 0.2) is 0 Å². The molecule has 3 aliphatic heterocycles. The van der Waals surface area contributed by atoms with Crippen LogP contribution >= 0.6 is 0 Å². The molecule has 0 spiro atoms. The van der Waals surface area contributed by atoms with E-state index < -0.39 is 34.9 Å². The van der Waals surface area contributed by atoms with E-state index in [0.717, 1.165) is 71.1 Å². The minimum atomic E-state index is -0.761. The zero-order valence-corrected chi connectivity index (χ0v) is 27.6. The normalized spacial score (nSPS) is 18.1. The maximum absolute atomic E-state index is 13.8. The first-order valence-electron chi connectivity index (χ1n) is 17.1. The average Bonchev–Trinajstić information content (AvgIpc) is 3.59. The molecule has 2 aromatic heterocycles. The summed E-state index contributed by atoms with van der Waals surface area (Å²) in [6, 6.07) is 7.33. The Morgan fingerprint density at radius 3 is 1.72 bits per heavy atom. The van der Waals surface area contributed by atoms with E-state index in [9.17, 15) is 38.4 Å². The zero-order valence-electron chi connectivity index (χ0n) is 27.6. The lowest BCUT2D eigenvalue weighted by Gasteiger charge is -2.19. The summed E-state index contributed by atoms with van der Waals surface area (Å²) in [5.41, 5.74) is -1.65. The number of carbonyl (C=O) groups excluding carboxylic acids is 4. The number of carbonyl (C=O) groups is 4. The number of imide groups is 2. The Morgan fingerprint density at radius 1 is 0.520 bits per heavy atom. The molecule has 0 aliphatic carbocycles. The van der Waals surface area contributed by atoms with Crippen LogP contribution in [0.5, 0.6) is 0 Å². The molecule has 3 aliphatic rings. The SMILES string of the molecule is O=C1C=CC(=O)N1c1cccc(N2C(=O)C=C(c3cn4c(=O)n(c3=O)CCCCCCCn3ccc(=O)n(c3=O)CCCCCCC4)C2=O)c1. The highest BCUT2D eigenvalue weighted by Crippen LogP contribution is 2.30. The molecule has 0 fully saturated rings. The van der Waals surface area contributed by atoms with E-state index in [-0.39, 0.29) is 46.8 Å². The molecule has 0 saturated carbocycles. The van der Waals surface area contributed by atoms with Crippen LogP contribution in [0.2, 0.25) is 0 Å². The van der Waals surface area contributed by atoms with Gasteiger partial charge in [-0.15, -0.1) is 0 Å². The highest BCUT2D eigenvalue weighted by Gasteiger charge is 2.36. The second-order valence-electron chi connectivity index (χ2n) is 12.7. The number of fused-ring (bicyclic) bond motifs is 4. The molecular formula is C36H38N6O8. The largest absolute Gasteiger partial charge is 0.330 e. The van der Waals surface area contributed by atoms with Crippen LogP contribution in [0.15, 0.2) is 80.1 Å². The molecule has 260 valence electrons. The third-order valence-electron chi connectivity index (χ3n) is 9.31. The van der Waals surface area contributed by atoms with Gasteiger partial charge in [-0.2, -0.15) is 0 Å². The van der Waals surface area contributed by atoms with Gasteiger partial charge >= 0.3 is 11.4 Å². The molecule has 3 aromatic rings. The van der Waals surface area contributed by atoms with E-state index in [4.69, 9.17) is 0 Å².